The standard InChI is InChI=1S/C9H7F3N4O/c10-9(11,12)7-14-8-13-5-3-1-2-4(5)6(17)16(8)15-7/h1-3H2,(H,13,14,15). The molecule has 0 amide bonds. The van der Waals surface area contributed by atoms with Crippen molar-refractivity contribution in [3.8, 4) is 0 Å². The average Bonchev–Trinajstić information content (AvgIpc) is 2.82. The van der Waals surface area contributed by atoms with Crippen LogP contribution < -0.4 is 5.56 Å². The Morgan fingerprint density at radius 2 is 2.00 bits per heavy atom. The number of aryl methyl sites for hydroxylation is 1. The number of halogens is 3. The van der Waals surface area contributed by atoms with Crippen LogP contribution in [0.1, 0.15) is 23.5 Å². The van der Waals surface area contributed by atoms with Crippen molar-refractivity contribution in [1.82, 2.24) is 19.6 Å². The van der Waals surface area contributed by atoms with Gasteiger partial charge in [0.2, 0.25) is 5.82 Å². The monoisotopic (exact) mass is 244 g/mol. The first-order chi connectivity index (χ1) is 7.97. The smallest absolute Gasteiger partial charge is 0.267 e. The summed E-state index contributed by atoms with van der Waals surface area (Å²) in [6.45, 7) is 0. The van der Waals surface area contributed by atoms with E-state index in [4.69, 9.17) is 0 Å². The zero-order valence-corrected chi connectivity index (χ0v) is 8.51. The van der Waals surface area contributed by atoms with Gasteiger partial charge in [-0.2, -0.15) is 22.7 Å². The van der Waals surface area contributed by atoms with Crippen molar-refractivity contribution in [2.24, 2.45) is 0 Å². The van der Waals surface area contributed by atoms with E-state index in [1.165, 1.54) is 0 Å². The Kier molecular flexibility index (Phi) is 1.87. The molecule has 0 saturated heterocycles. The summed E-state index contributed by atoms with van der Waals surface area (Å²) < 4.78 is 38.0. The van der Waals surface area contributed by atoms with Gasteiger partial charge in [-0.1, -0.05) is 0 Å². The zero-order valence-electron chi connectivity index (χ0n) is 8.51. The molecule has 0 radical (unpaired) electrons. The minimum absolute atomic E-state index is 0.219. The molecule has 0 aromatic carbocycles. The lowest BCUT2D eigenvalue weighted by atomic mass is 10.3. The molecule has 5 nitrogen and oxygen atoms in total. The Morgan fingerprint density at radius 3 is 2.71 bits per heavy atom. The molecule has 1 aliphatic rings. The SMILES string of the molecule is O=c1c2c(nc3nc(C(F)(F)F)[nH]n13)CCC2. The molecule has 0 fully saturated rings. The normalized spacial score (nSPS) is 15.5. The second-order valence-corrected chi connectivity index (χ2v) is 3.90. The van der Waals surface area contributed by atoms with Crippen LogP contribution in [-0.4, -0.2) is 19.6 Å². The summed E-state index contributed by atoms with van der Waals surface area (Å²) in [6, 6.07) is 0. The molecule has 3 rings (SSSR count). The summed E-state index contributed by atoms with van der Waals surface area (Å²) in [5.74, 6) is -1.42. The van der Waals surface area contributed by atoms with Gasteiger partial charge in [-0.05, 0) is 19.3 Å². The molecule has 0 atom stereocenters. The fourth-order valence-electron chi connectivity index (χ4n) is 2.01. The van der Waals surface area contributed by atoms with Crippen molar-refractivity contribution in [3.63, 3.8) is 0 Å². The fourth-order valence-corrected chi connectivity index (χ4v) is 2.01. The molecule has 0 saturated carbocycles. The van der Waals surface area contributed by atoms with Gasteiger partial charge in [-0.25, -0.2) is 4.98 Å². The maximum atomic E-state index is 12.4. The molecular formula is C9H7F3N4O. The molecular weight excluding hydrogens is 237 g/mol. The van der Waals surface area contributed by atoms with Gasteiger partial charge < -0.3 is 0 Å². The Labute approximate surface area is 92.3 Å². The molecule has 0 spiro atoms. The predicted molar refractivity (Wildman–Crippen MR) is 50.6 cm³/mol. The largest absolute Gasteiger partial charge is 0.451 e. The van der Waals surface area contributed by atoms with E-state index >= 15 is 0 Å². The lowest BCUT2D eigenvalue weighted by molar-refractivity contribution is -0.144. The van der Waals surface area contributed by atoms with Crippen LogP contribution in [-0.2, 0) is 19.0 Å². The van der Waals surface area contributed by atoms with E-state index < -0.39 is 17.6 Å². The second kappa shape index (κ2) is 3.08. The van der Waals surface area contributed by atoms with Crippen molar-refractivity contribution in [2.45, 2.75) is 25.4 Å². The number of nitrogens with zero attached hydrogens (tertiary/aromatic N) is 3. The van der Waals surface area contributed by atoms with Crippen LogP contribution in [0.25, 0.3) is 5.78 Å². The predicted octanol–water partition coefficient (Wildman–Crippen LogP) is 0.925. The number of aromatic nitrogens is 4. The summed E-state index contributed by atoms with van der Waals surface area (Å²) in [7, 11) is 0. The molecule has 8 heteroatoms. The molecule has 1 aliphatic carbocycles. The van der Waals surface area contributed by atoms with E-state index in [2.05, 4.69) is 9.97 Å². The van der Waals surface area contributed by atoms with Crippen LogP contribution in [0.15, 0.2) is 4.79 Å². The third-order valence-corrected chi connectivity index (χ3v) is 2.78. The van der Waals surface area contributed by atoms with Crippen molar-refractivity contribution in [1.29, 1.82) is 0 Å². The number of hydrogen-bond donors (Lipinski definition) is 1. The third-order valence-electron chi connectivity index (χ3n) is 2.78. The maximum absolute atomic E-state index is 12.4. The van der Waals surface area contributed by atoms with E-state index in [0.29, 0.717) is 24.1 Å². The van der Waals surface area contributed by atoms with Gasteiger partial charge in [-0.15, -0.1) is 0 Å². The van der Waals surface area contributed by atoms with E-state index in [1.807, 2.05) is 5.10 Å². The number of hydrogen-bond acceptors (Lipinski definition) is 3. The van der Waals surface area contributed by atoms with Crippen LogP contribution in [0.5, 0.6) is 0 Å². The van der Waals surface area contributed by atoms with Gasteiger partial charge in [0.15, 0.2) is 0 Å². The Hall–Kier alpha value is -1.86. The molecule has 2 aromatic rings. The first-order valence-corrected chi connectivity index (χ1v) is 5.04. The fraction of sp³-hybridized carbons (Fsp3) is 0.444. The van der Waals surface area contributed by atoms with Crippen LogP contribution in [0.4, 0.5) is 13.2 Å². The van der Waals surface area contributed by atoms with Crippen molar-refractivity contribution in [2.75, 3.05) is 0 Å². The number of nitrogens with one attached hydrogen (secondary N) is 1. The topological polar surface area (TPSA) is 63.0 Å². The first kappa shape index (κ1) is 10.3. The molecule has 90 valence electrons. The molecule has 0 aliphatic heterocycles. The first-order valence-electron chi connectivity index (χ1n) is 5.04. The summed E-state index contributed by atoms with van der Waals surface area (Å²) in [5, 5.41) is 1.94. The van der Waals surface area contributed by atoms with Crippen LogP contribution >= 0.6 is 0 Å². The lowest BCUT2D eigenvalue weighted by Crippen LogP contribution is -2.20. The molecule has 0 bridgehead atoms. The second-order valence-electron chi connectivity index (χ2n) is 3.90. The lowest BCUT2D eigenvalue weighted by Gasteiger charge is -1.98. The molecule has 0 unspecified atom stereocenters. The van der Waals surface area contributed by atoms with E-state index in [9.17, 15) is 18.0 Å². The van der Waals surface area contributed by atoms with Gasteiger partial charge >= 0.3 is 6.18 Å². The highest BCUT2D eigenvalue weighted by Crippen LogP contribution is 2.26. The Bertz CT molecular complexity index is 655. The van der Waals surface area contributed by atoms with Crippen molar-refractivity contribution in [3.05, 3.63) is 27.4 Å². The highest BCUT2D eigenvalue weighted by Gasteiger charge is 2.36. The zero-order chi connectivity index (χ0) is 12.2. The van der Waals surface area contributed by atoms with Gasteiger partial charge in [0, 0.05) is 5.56 Å². The molecule has 2 heterocycles. The van der Waals surface area contributed by atoms with E-state index in [-0.39, 0.29) is 5.78 Å². The number of fused-ring (bicyclic) bond motifs is 2. The van der Waals surface area contributed by atoms with Crippen molar-refractivity contribution >= 4 is 5.78 Å². The number of aromatic amines is 1. The molecule has 2 aromatic heterocycles. The minimum atomic E-state index is -4.61. The highest BCUT2D eigenvalue weighted by molar-refractivity contribution is 5.34. The number of rotatable bonds is 0. The van der Waals surface area contributed by atoms with Gasteiger partial charge in [0.25, 0.3) is 11.3 Å². The van der Waals surface area contributed by atoms with Crippen LogP contribution in [0, 0.1) is 0 Å². The van der Waals surface area contributed by atoms with E-state index in [0.717, 1.165) is 10.9 Å². The number of alkyl halides is 3. The van der Waals surface area contributed by atoms with Crippen molar-refractivity contribution < 1.29 is 13.2 Å². The van der Waals surface area contributed by atoms with Crippen LogP contribution in [0.3, 0.4) is 0 Å². The van der Waals surface area contributed by atoms with Gasteiger partial charge in [0.05, 0.1) is 5.69 Å². The number of H-pyrrole nitrogens is 1. The quantitative estimate of drug-likeness (QED) is 0.749. The minimum Gasteiger partial charge on any atom is -0.267 e. The summed E-state index contributed by atoms with van der Waals surface area (Å²) in [5.41, 5.74) is 0.570. The maximum Gasteiger partial charge on any atom is 0.451 e. The molecule has 17 heavy (non-hydrogen) atoms. The van der Waals surface area contributed by atoms with Crippen LogP contribution in [0.2, 0.25) is 0 Å². The average molecular weight is 244 g/mol. The summed E-state index contributed by atoms with van der Waals surface area (Å²) in [6.07, 6.45) is -2.62. The Morgan fingerprint density at radius 1 is 1.24 bits per heavy atom. The van der Waals surface area contributed by atoms with Gasteiger partial charge in [0.1, 0.15) is 0 Å². The Balaban J connectivity index is 2.32. The summed E-state index contributed by atoms with van der Waals surface area (Å²) in [4.78, 5) is 19.1. The summed E-state index contributed by atoms with van der Waals surface area (Å²) >= 11 is 0. The third kappa shape index (κ3) is 1.43. The van der Waals surface area contributed by atoms with E-state index in [1.54, 1.807) is 0 Å². The molecule has 1 N–H and O–H groups in total. The highest BCUT2D eigenvalue weighted by atomic mass is 19.4. The van der Waals surface area contributed by atoms with Gasteiger partial charge in [-0.3, -0.25) is 9.89 Å².